The fourth-order valence-electron chi connectivity index (χ4n) is 3.05. The van der Waals surface area contributed by atoms with E-state index in [1.165, 1.54) is 0 Å². The predicted octanol–water partition coefficient (Wildman–Crippen LogP) is 4.63. The molecule has 6 heteroatoms. The molecule has 0 N–H and O–H groups in total. The van der Waals surface area contributed by atoms with Crippen LogP contribution in [0.1, 0.15) is 23.2 Å². The maximum absolute atomic E-state index is 12.7. The van der Waals surface area contributed by atoms with Gasteiger partial charge in [-0.25, -0.2) is 4.98 Å². The smallest absolute Gasteiger partial charge is 0.253 e. The Bertz CT molecular complexity index is 886. The van der Waals surface area contributed by atoms with Crippen LogP contribution >= 0.6 is 22.9 Å². The van der Waals surface area contributed by atoms with Gasteiger partial charge in [0.05, 0.1) is 15.7 Å². The molecule has 0 spiro atoms. The maximum Gasteiger partial charge on any atom is 0.253 e. The van der Waals surface area contributed by atoms with E-state index >= 15 is 0 Å². The van der Waals surface area contributed by atoms with Crippen LogP contribution in [-0.2, 0) is 0 Å². The van der Waals surface area contributed by atoms with Gasteiger partial charge in [0.1, 0.15) is 11.9 Å². The van der Waals surface area contributed by atoms with E-state index in [1.807, 2.05) is 47.4 Å². The minimum Gasteiger partial charge on any atom is -0.490 e. The van der Waals surface area contributed by atoms with Gasteiger partial charge < -0.3 is 9.64 Å². The Hall–Kier alpha value is -2.11. The number of carbonyl (C=O) groups excluding carboxylic acids is 1. The van der Waals surface area contributed by atoms with Crippen molar-refractivity contribution in [1.29, 1.82) is 0 Å². The van der Waals surface area contributed by atoms with Crippen molar-refractivity contribution in [3.8, 4) is 5.75 Å². The lowest BCUT2D eigenvalue weighted by atomic mass is 10.1. The normalized spacial score (nSPS) is 15.5. The summed E-state index contributed by atoms with van der Waals surface area (Å²) in [5.41, 5.74) is 3.48. The summed E-state index contributed by atoms with van der Waals surface area (Å²) >= 11 is 7.45. The Morgan fingerprint density at radius 1 is 1.16 bits per heavy atom. The van der Waals surface area contributed by atoms with Crippen LogP contribution in [0, 0.1) is 0 Å². The molecule has 0 saturated carbocycles. The van der Waals surface area contributed by atoms with Crippen LogP contribution < -0.4 is 4.74 Å². The van der Waals surface area contributed by atoms with Gasteiger partial charge in [-0.3, -0.25) is 4.79 Å². The Balaban J connectivity index is 1.37. The van der Waals surface area contributed by atoms with Gasteiger partial charge in [-0.1, -0.05) is 11.6 Å². The summed E-state index contributed by atoms with van der Waals surface area (Å²) in [5.74, 6) is 0.907. The summed E-state index contributed by atoms with van der Waals surface area (Å²) in [6.45, 7) is 1.41. The number of amides is 1. The molecule has 1 fully saturated rings. The zero-order chi connectivity index (χ0) is 17.2. The van der Waals surface area contributed by atoms with E-state index in [4.69, 9.17) is 16.3 Å². The number of benzene rings is 2. The number of thiazole rings is 1. The molecular formula is C19H17ClN2O2S. The lowest BCUT2D eigenvalue weighted by Gasteiger charge is -2.32. The number of piperidine rings is 1. The molecule has 0 aliphatic carbocycles. The molecular weight excluding hydrogens is 356 g/mol. The van der Waals surface area contributed by atoms with Crippen LogP contribution in [0.15, 0.2) is 48.0 Å². The number of halogens is 1. The summed E-state index contributed by atoms with van der Waals surface area (Å²) in [7, 11) is 0. The summed E-state index contributed by atoms with van der Waals surface area (Å²) < 4.78 is 7.04. The van der Waals surface area contributed by atoms with Crippen LogP contribution in [0.25, 0.3) is 10.2 Å². The highest BCUT2D eigenvalue weighted by molar-refractivity contribution is 7.16. The van der Waals surface area contributed by atoms with Crippen LogP contribution in [0.5, 0.6) is 5.75 Å². The second-order valence-corrected chi connectivity index (χ2v) is 7.42. The molecule has 2 heterocycles. The molecule has 0 unspecified atom stereocenters. The van der Waals surface area contributed by atoms with Gasteiger partial charge in [0.25, 0.3) is 5.91 Å². The van der Waals surface area contributed by atoms with Crippen LogP contribution in [0.2, 0.25) is 5.02 Å². The van der Waals surface area contributed by atoms with Gasteiger partial charge in [0.15, 0.2) is 0 Å². The minimum atomic E-state index is 0.0836. The van der Waals surface area contributed by atoms with E-state index in [2.05, 4.69) is 4.98 Å². The van der Waals surface area contributed by atoms with E-state index in [0.29, 0.717) is 18.1 Å². The maximum atomic E-state index is 12.7. The highest BCUT2D eigenvalue weighted by Crippen LogP contribution is 2.23. The summed E-state index contributed by atoms with van der Waals surface area (Å²) in [6, 6.07) is 13.1. The average molecular weight is 373 g/mol. The first-order valence-corrected chi connectivity index (χ1v) is 9.49. The summed E-state index contributed by atoms with van der Waals surface area (Å²) in [6.07, 6.45) is 1.79. The minimum absolute atomic E-state index is 0.0836. The van der Waals surface area contributed by atoms with Crippen molar-refractivity contribution >= 4 is 39.1 Å². The lowest BCUT2D eigenvalue weighted by Crippen LogP contribution is -2.41. The van der Waals surface area contributed by atoms with Crippen molar-refractivity contribution in [2.24, 2.45) is 0 Å². The van der Waals surface area contributed by atoms with E-state index in [9.17, 15) is 4.79 Å². The second kappa shape index (κ2) is 7.02. The first kappa shape index (κ1) is 16.4. The number of nitrogens with zero attached hydrogens (tertiary/aromatic N) is 2. The number of ether oxygens (including phenoxy) is 1. The molecule has 0 atom stereocenters. The zero-order valence-electron chi connectivity index (χ0n) is 13.5. The molecule has 4 rings (SSSR count). The second-order valence-electron chi connectivity index (χ2n) is 6.10. The van der Waals surface area contributed by atoms with Gasteiger partial charge in [0, 0.05) is 36.5 Å². The molecule has 1 saturated heterocycles. The van der Waals surface area contributed by atoms with Gasteiger partial charge >= 0.3 is 0 Å². The van der Waals surface area contributed by atoms with Crippen LogP contribution in [0.3, 0.4) is 0 Å². The third kappa shape index (κ3) is 3.62. The predicted molar refractivity (Wildman–Crippen MR) is 101 cm³/mol. The quantitative estimate of drug-likeness (QED) is 0.673. The van der Waals surface area contributed by atoms with Gasteiger partial charge in [0.2, 0.25) is 0 Å². The first-order valence-electron chi connectivity index (χ1n) is 8.24. The van der Waals surface area contributed by atoms with E-state index in [0.717, 1.165) is 34.4 Å². The third-order valence-corrected chi connectivity index (χ3v) is 5.47. The fourth-order valence-corrected chi connectivity index (χ4v) is 3.90. The number of rotatable bonds is 3. The van der Waals surface area contributed by atoms with Crippen LogP contribution in [-0.4, -0.2) is 35.0 Å². The SMILES string of the molecule is O=C(c1ccc2ncsc2c1)N1CCC(Oc2ccc(Cl)cc2)CC1. The number of hydrogen-bond acceptors (Lipinski definition) is 4. The van der Waals surface area contributed by atoms with E-state index < -0.39 is 0 Å². The van der Waals surface area contributed by atoms with Crippen molar-refractivity contribution < 1.29 is 9.53 Å². The van der Waals surface area contributed by atoms with Crippen molar-refractivity contribution in [2.45, 2.75) is 18.9 Å². The molecule has 128 valence electrons. The number of fused-ring (bicyclic) bond motifs is 1. The Morgan fingerprint density at radius 3 is 2.68 bits per heavy atom. The standard InChI is InChI=1S/C19H17ClN2O2S/c20-14-2-4-15(5-3-14)24-16-7-9-22(10-8-16)19(23)13-1-6-17-18(11-13)25-12-21-17/h1-6,11-12,16H,7-10H2. The average Bonchev–Trinajstić information content (AvgIpc) is 3.11. The molecule has 0 bridgehead atoms. The number of likely N-dealkylation sites (tertiary alicyclic amines) is 1. The first-order chi connectivity index (χ1) is 12.2. The lowest BCUT2D eigenvalue weighted by molar-refractivity contribution is 0.0596. The van der Waals surface area contributed by atoms with Crippen LogP contribution in [0.4, 0.5) is 0 Å². The molecule has 25 heavy (non-hydrogen) atoms. The van der Waals surface area contributed by atoms with E-state index in [-0.39, 0.29) is 12.0 Å². The molecule has 1 aliphatic rings. The molecule has 2 aromatic carbocycles. The highest BCUT2D eigenvalue weighted by atomic mass is 35.5. The van der Waals surface area contributed by atoms with Crippen molar-refractivity contribution in [3.63, 3.8) is 0 Å². The third-order valence-electron chi connectivity index (χ3n) is 4.42. The van der Waals surface area contributed by atoms with E-state index in [1.54, 1.807) is 16.8 Å². The number of aromatic nitrogens is 1. The molecule has 1 amide bonds. The fraction of sp³-hybridized carbons (Fsp3) is 0.263. The Labute approximate surface area is 155 Å². The number of hydrogen-bond donors (Lipinski definition) is 0. The van der Waals surface area contributed by atoms with Crippen molar-refractivity contribution in [3.05, 3.63) is 58.6 Å². The molecule has 1 aromatic heterocycles. The monoisotopic (exact) mass is 372 g/mol. The Kier molecular flexibility index (Phi) is 4.59. The molecule has 0 radical (unpaired) electrons. The number of carbonyl (C=O) groups is 1. The molecule has 4 nitrogen and oxygen atoms in total. The van der Waals surface area contributed by atoms with Gasteiger partial charge in [-0.2, -0.15) is 0 Å². The van der Waals surface area contributed by atoms with Gasteiger partial charge in [-0.15, -0.1) is 11.3 Å². The molecule has 3 aromatic rings. The topological polar surface area (TPSA) is 42.4 Å². The Morgan fingerprint density at radius 2 is 1.92 bits per heavy atom. The summed E-state index contributed by atoms with van der Waals surface area (Å²) in [5, 5.41) is 0.700. The van der Waals surface area contributed by atoms with Crippen molar-refractivity contribution in [2.75, 3.05) is 13.1 Å². The highest BCUT2D eigenvalue weighted by Gasteiger charge is 2.25. The van der Waals surface area contributed by atoms with Crippen molar-refractivity contribution in [1.82, 2.24) is 9.88 Å². The summed E-state index contributed by atoms with van der Waals surface area (Å²) in [4.78, 5) is 18.9. The zero-order valence-corrected chi connectivity index (χ0v) is 15.1. The van der Waals surface area contributed by atoms with Gasteiger partial charge in [-0.05, 0) is 42.5 Å². The molecule has 1 aliphatic heterocycles. The largest absolute Gasteiger partial charge is 0.490 e.